The number of aliphatic hydroxyl groups is 1. The number of carbonyl (C=O) groups excluding carboxylic acids is 2. The summed E-state index contributed by atoms with van der Waals surface area (Å²) < 4.78 is 4.72. The number of hydrogen-bond donors (Lipinski definition) is 2. The van der Waals surface area contributed by atoms with Crippen LogP contribution in [0.4, 0.5) is 0 Å². The highest BCUT2D eigenvalue weighted by atomic mass is 16.5. The van der Waals surface area contributed by atoms with Crippen molar-refractivity contribution in [2.75, 3.05) is 19.8 Å². The molecule has 0 aromatic heterocycles. The molecule has 0 aliphatic carbocycles. The first-order chi connectivity index (χ1) is 9.56. The zero-order chi connectivity index (χ0) is 15.0. The van der Waals surface area contributed by atoms with Crippen molar-refractivity contribution in [2.45, 2.75) is 13.8 Å². The number of rotatable bonds is 4. The van der Waals surface area contributed by atoms with Crippen LogP contribution in [0.5, 0.6) is 0 Å². The van der Waals surface area contributed by atoms with E-state index >= 15 is 0 Å². The number of hydrogen-bond acceptors (Lipinski definition) is 4. The van der Waals surface area contributed by atoms with E-state index < -0.39 is 5.97 Å². The lowest BCUT2D eigenvalue weighted by Crippen LogP contribution is -2.30. The van der Waals surface area contributed by atoms with Crippen LogP contribution >= 0.6 is 0 Å². The molecule has 1 aromatic rings. The van der Waals surface area contributed by atoms with Crippen LogP contribution in [0, 0.1) is 18.8 Å². The van der Waals surface area contributed by atoms with Gasteiger partial charge >= 0.3 is 5.97 Å². The highest BCUT2D eigenvalue weighted by Crippen LogP contribution is 2.09. The van der Waals surface area contributed by atoms with Crippen molar-refractivity contribution >= 4 is 11.9 Å². The second kappa shape index (κ2) is 7.97. The first kappa shape index (κ1) is 15.7. The van der Waals surface area contributed by atoms with E-state index in [2.05, 4.69) is 17.2 Å². The largest absolute Gasteiger partial charge is 0.465 e. The number of ether oxygens (including phenoxy) is 1. The molecular formula is C15H17NO4. The minimum atomic E-state index is -0.478. The molecule has 0 aliphatic heterocycles. The maximum atomic E-state index is 11.9. The van der Waals surface area contributed by atoms with Crippen LogP contribution in [0.2, 0.25) is 0 Å². The SMILES string of the molecule is CCOC(=O)CNC(=O)c1cc(C)cc(C#CCO)c1. The predicted molar refractivity (Wildman–Crippen MR) is 74.1 cm³/mol. The third kappa shape index (κ3) is 5.12. The van der Waals surface area contributed by atoms with Gasteiger partial charge < -0.3 is 15.2 Å². The Balaban J connectivity index is 2.77. The summed E-state index contributed by atoms with van der Waals surface area (Å²) in [5.41, 5.74) is 1.92. The normalized spacial score (nSPS) is 9.35. The number of aliphatic hydroxyl groups excluding tert-OH is 1. The summed E-state index contributed by atoms with van der Waals surface area (Å²) in [5, 5.41) is 11.1. The molecule has 0 unspecified atom stereocenters. The second-order valence-electron chi connectivity index (χ2n) is 4.04. The average molecular weight is 275 g/mol. The van der Waals surface area contributed by atoms with E-state index in [1.807, 2.05) is 13.0 Å². The number of carbonyl (C=O) groups is 2. The van der Waals surface area contributed by atoms with E-state index in [1.165, 1.54) is 0 Å². The minimum Gasteiger partial charge on any atom is -0.465 e. The van der Waals surface area contributed by atoms with Gasteiger partial charge in [0.05, 0.1) is 6.61 Å². The van der Waals surface area contributed by atoms with Gasteiger partial charge in [-0.05, 0) is 37.6 Å². The highest BCUT2D eigenvalue weighted by Gasteiger charge is 2.09. The Morgan fingerprint density at radius 3 is 2.75 bits per heavy atom. The Morgan fingerprint density at radius 1 is 1.35 bits per heavy atom. The lowest BCUT2D eigenvalue weighted by molar-refractivity contribution is -0.141. The second-order valence-corrected chi connectivity index (χ2v) is 4.04. The topological polar surface area (TPSA) is 75.6 Å². The molecule has 5 heteroatoms. The average Bonchev–Trinajstić information content (AvgIpc) is 2.42. The van der Waals surface area contributed by atoms with Crippen LogP contribution in [0.1, 0.15) is 28.4 Å². The molecule has 0 fully saturated rings. The van der Waals surface area contributed by atoms with Gasteiger partial charge in [-0.15, -0.1) is 0 Å². The third-order valence-corrected chi connectivity index (χ3v) is 2.35. The maximum Gasteiger partial charge on any atom is 0.325 e. The molecule has 106 valence electrons. The molecule has 20 heavy (non-hydrogen) atoms. The first-order valence-electron chi connectivity index (χ1n) is 6.22. The van der Waals surface area contributed by atoms with E-state index in [-0.39, 0.29) is 25.7 Å². The van der Waals surface area contributed by atoms with E-state index in [9.17, 15) is 9.59 Å². The monoisotopic (exact) mass is 275 g/mol. The summed E-state index contributed by atoms with van der Waals surface area (Å²) in [7, 11) is 0. The Labute approximate surface area is 117 Å². The van der Waals surface area contributed by atoms with Crippen molar-refractivity contribution in [3.05, 3.63) is 34.9 Å². The van der Waals surface area contributed by atoms with Crippen LogP contribution in [0.15, 0.2) is 18.2 Å². The molecule has 1 rings (SSSR count). The molecule has 0 saturated carbocycles. The fraction of sp³-hybridized carbons (Fsp3) is 0.333. The Morgan fingerprint density at radius 2 is 2.10 bits per heavy atom. The Hall–Kier alpha value is -2.32. The fourth-order valence-electron chi connectivity index (χ4n) is 1.59. The van der Waals surface area contributed by atoms with Crippen molar-refractivity contribution in [3.8, 4) is 11.8 Å². The van der Waals surface area contributed by atoms with Crippen molar-refractivity contribution in [1.29, 1.82) is 0 Å². The fourth-order valence-corrected chi connectivity index (χ4v) is 1.59. The van der Waals surface area contributed by atoms with Gasteiger partial charge in [0.25, 0.3) is 5.91 Å². The summed E-state index contributed by atoms with van der Waals surface area (Å²) in [4.78, 5) is 23.1. The number of aryl methyl sites for hydroxylation is 1. The van der Waals surface area contributed by atoms with Crippen molar-refractivity contribution in [3.63, 3.8) is 0 Å². The standard InChI is InChI=1S/C15H17NO4/c1-3-20-14(18)10-16-15(19)13-8-11(2)7-12(9-13)5-4-6-17/h7-9,17H,3,6,10H2,1-2H3,(H,16,19). The van der Waals surface area contributed by atoms with E-state index in [4.69, 9.17) is 9.84 Å². The van der Waals surface area contributed by atoms with E-state index in [0.29, 0.717) is 11.1 Å². The van der Waals surface area contributed by atoms with Crippen LogP contribution in [-0.2, 0) is 9.53 Å². The molecule has 5 nitrogen and oxygen atoms in total. The van der Waals surface area contributed by atoms with E-state index in [1.54, 1.807) is 19.1 Å². The van der Waals surface area contributed by atoms with Gasteiger partial charge in [0, 0.05) is 11.1 Å². The zero-order valence-electron chi connectivity index (χ0n) is 11.5. The molecule has 0 radical (unpaired) electrons. The van der Waals surface area contributed by atoms with Crippen molar-refractivity contribution in [1.82, 2.24) is 5.32 Å². The zero-order valence-corrected chi connectivity index (χ0v) is 11.5. The van der Waals surface area contributed by atoms with Gasteiger partial charge in [0.1, 0.15) is 13.2 Å². The molecule has 0 heterocycles. The summed E-state index contributed by atoms with van der Waals surface area (Å²) in [6.07, 6.45) is 0. The summed E-state index contributed by atoms with van der Waals surface area (Å²) >= 11 is 0. The number of nitrogens with one attached hydrogen (secondary N) is 1. The van der Waals surface area contributed by atoms with Crippen LogP contribution in [0.25, 0.3) is 0 Å². The molecule has 0 aliphatic rings. The number of esters is 1. The molecule has 1 amide bonds. The minimum absolute atomic E-state index is 0.168. The first-order valence-corrected chi connectivity index (χ1v) is 6.22. The van der Waals surface area contributed by atoms with Gasteiger partial charge in [-0.1, -0.05) is 11.8 Å². The molecular weight excluding hydrogens is 258 g/mol. The molecule has 0 spiro atoms. The summed E-state index contributed by atoms with van der Waals surface area (Å²) in [6.45, 7) is 3.41. The molecule has 2 N–H and O–H groups in total. The van der Waals surface area contributed by atoms with Crippen LogP contribution < -0.4 is 5.32 Å². The summed E-state index contributed by atoms with van der Waals surface area (Å²) in [5.74, 6) is 4.42. The van der Waals surface area contributed by atoms with Crippen LogP contribution in [-0.4, -0.2) is 36.7 Å². The van der Waals surface area contributed by atoms with E-state index in [0.717, 1.165) is 5.56 Å². The van der Waals surface area contributed by atoms with Crippen molar-refractivity contribution in [2.24, 2.45) is 0 Å². The number of amides is 1. The maximum absolute atomic E-state index is 11.9. The predicted octanol–water partition coefficient (Wildman–Crippen LogP) is 0.632. The molecule has 0 bridgehead atoms. The van der Waals surface area contributed by atoms with Crippen LogP contribution in [0.3, 0.4) is 0 Å². The Bertz CT molecular complexity index is 555. The van der Waals surface area contributed by atoms with Gasteiger partial charge in [-0.2, -0.15) is 0 Å². The molecule has 1 aromatic carbocycles. The van der Waals surface area contributed by atoms with Crippen molar-refractivity contribution < 1.29 is 19.4 Å². The highest BCUT2D eigenvalue weighted by molar-refractivity contribution is 5.96. The summed E-state index contributed by atoms with van der Waals surface area (Å²) in [6, 6.07) is 5.12. The lowest BCUT2D eigenvalue weighted by Gasteiger charge is -2.06. The Kier molecular flexibility index (Phi) is 6.27. The quantitative estimate of drug-likeness (QED) is 0.624. The lowest BCUT2D eigenvalue weighted by atomic mass is 10.1. The third-order valence-electron chi connectivity index (χ3n) is 2.35. The van der Waals surface area contributed by atoms with Gasteiger partial charge in [-0.3, -0.25) is 9.59 Å². The number of benzene rings is 1. The smallest absolute Gasteiger partial charge is 0.325 e. The van der Waals surface area contributed by atoms with Gasteiger partial charge in [-0.25, -0.2) is 0 Å². The van der Waals surface area contributed by atoms with Gasteiger partial charge in [0.15, 0.2) is 0 Å². The van der Waals surface area contributed by atoms with Gasteiger partial charge in [0.2, 0.25) is 0 Å². The molecule has 0 saturated heterocycles. The molecule has 0 atom stereocenters.